The Labute approximate surface area is 112 Å². The zero-order chi connectivity index (χ0) is 13.2. The van der Waals surface area contributed by atoms with Crippen molar-refractivity contribution in [3.8, 4) is 11.5 Å². The zero-order valence-electron chi connectivity index (χ0n) is 10.5. The molecule has 1 aliphatic heterocycles. The molecule has 0 radical (unpaired) electrons. The van der Waals surface area contributed by atoms with E-state index >= 15 is 0 Å². The number of benzene rings is 2. The standard InChI is InChI=1S/C16H14N2O/c1-11-10-12-6-5-9-14(15(12)16(17)18-11)19-13-7-3-2-4-8-13/h2-9H,1,10H2,(H2,17,18). The molecule has 3 nitrogen and oxygen atoms in total. The smallest absolute Gasteiger partial charge is 0.138 e. The van der Waals surface area contributed by atoms with E-state index in [-0.39, 0.29) is 0 Å². The Morgan fingerprint density at radius 2 is 1.84 bits per heavy atom. The largest absolute Gasteiger partial charge is 0.457 e. The van der Waals surface area contributed by atoms with Gasteiger partial charge in [0.15, 0.2) is 0 Å². The van der Waals surface area contributed by atoms with Gasteiger partial charge in [-0.25, -0.2) is 4.99 Å². The molecular formula is C16H14N2O. The first-order chi connectivity index (χ1) is 9.24. The second-order valence-electron chi connectivity index (χ2n) is 4.45. The van der Waals surface area contributed by atoms with Crippen molar-refractivity contribution in [2.45, 2.75) is 6.42 Å². The fourth-order valence-electron chi connectivity index (χ4n) is 2.20. The number of ether oxygens (including phenoxy) is 1. The minimum atomic E-state index is 0.470. The van der Waals surface area contributed by atoms with Gasteiger partial charge in [-0.2, -0.15) is 0 Å². The number of allylic oxidation sites excluding steroid dienone is 1. The van der Waals surface area contributed by atoms with Gasteiger partial charge in [0.05, 0.1) is 5.56 Å². The zero-order valence-corrected chi connectivity index (χ0v) is 10.5. The van der Waals surface area contributed by atoms with Gasteiger partial charge in [0.2, 0.25) is 0 Å². The average Bonchev–Trinajstić information content (AvgIpc) is 2.39. The van der Waals surface area contributed by atoms with E-state index in [1.165, 1.54) is 0 Å². The van der Waals surface area contributed by atoms with Crippen LogP contribution < -0.4 is 10.5 Å². The third-order valence-electron chi connectivity index (χ3n) is 3.01. The van der Waals surface area contributed by atoms with E-state index in [2.05, 4.69) is 11.6 Å². The summed E-state index contributed by atoms with van der Waals surface area (Å²) in [7, 11) is 0. The summed E-state index contributed by atoms with van der Waals surface area (Å²) in [6, 6.07) is 15.5. The number of para-hydroxylation sites is 1. The Morgan fingerprint density at radius 3 is 2.63 bits per heavy atom. The van der Waals surface area contributed by atoms with Gasteiger partial charge in [-0.3, -0.25) is 0 Å². The van der Waals surface area contributed by atoms with Crippen LogP contribution in [0.15, 0.2) is 65.8 Å². The van der Waals surface area contributed by atoms with Crippen LogP contribution in [-0.4, -0.2) is 5.84 Å². The van der Waals surface area contributed by atoms with E-state index in [0.29, 0.717) is 12.3 Å². The highest BCUT2D eigenvalue weighted by molar-refractivity contribution is 6.03. The number of nitrogens with zero attached hydrogens (tertiary/aromatic N) is 1. The van der Waals surface area contributed by atoms with Crippen LogP contribution in [0, 0.1) is 0 Å². The van der Waals surface area contributed by atoms with Crippen molar-refractivity contribution >= 4 is 5.84 Å². The summed E-state index contributed by atoms with van der Waals surface area (Å²) in [4.78, 5) is 4.25. The van der Waals surface area contributed by atoms with Crippen molar-refractivity contribution in [3.05, 3.63) is 71.9 Å². The monoisotopic (exact) mass is 250 g/mol. The quantitative estimate of drug-likeness (QED) is 0.889. The molecule has 0 spiro atoms. The molecule has 0 atom stereocenters. The van der Waals surface area contributed by atoms with Crippen molar-refractivity contribution in [1.82, 2.24) is 0 Å². The Balaban J connectivity index is 2.04. The predicted octanol–water partition coefficient (Wildman–Crippen LogP) is 3.25. The van der Waals surface area contributed by atoms with Crippen LogP contribution >= 0.6 is 0 Å². The minimum Gasteiger partial charge on any atom is -0.457 e. The topological polar surface area (TPSA) is 47.6 Å². The highest BCUT2D eigenvalue weighted by Crippen LogP contribution is 2.31. The molecule has 0 amide bonds. The molecule has 0 aliphatic carbocycles. The van der Waals surface area contributed by atoms with E-state index in [1.807, 2.05) is 48.5 Å². The van der Waals surface area contributed by atoms with Crippen molar-refractivity contribution in [1.29, 1.82) is 0 Å². The van der Waals surface area contributed by atoms with Gasteiger partial charge in [-0.15, -0.1) is 0 Å². The predicted molar refractivity (Wildman–Crippen MR) is 76.5 cm³/mol. The van der Waals surface area contributed by atoms with Crippen molar-refractivity contribution in [2.75, 3.05) is 0 Å². The Morgan fingerprint density at radius 1 is 1.05 bits per heavy atom. The molecule has 0 bridgehead atoms. The first-order valence-electron chi connectivity index (χ1n) is 6.11. The lowest BCUT2D eigenvalue weighted by Crippen LogP contribution is -2.20. The van der Waals surface area contributed by atoms with E-state index in [4.69, 9.17) is 10.5 Å². The molecule has 94 valence electrons. The lowest BCUT2D eigenvalue weighted by molar-refractivity contribution is 0.480. The Kier molecular flexibility index (Phi) is 2.80. The van der Waals surface area contributed by atoms with E-state index in [9.17, 15) is 0 Å². The fourth-order valence-corrected chi connectivity index (χ4v) is 2.20. The average molecular weight is 250 g/mol. The Bertz CT molecular complexity index is 660. The number of aliphatic imine (C=N–C) groups is 1. The second kappa shape index (κ2) is 4.61. The molecule has 0 saturated heterocycles. The van der Waals surface area contributed by atoms with Crippen LogP contribution in [-0.2, 0) is 6.42 Å². The third kappa shape index (κ3) is 2.22. The summed E-state index contributed by atoms with van der Waals surface area (Å²) in [5.41, 5.74) is 8.76. The number of amidine groups is 1. The lowest BCUT2D eigenvalue weighted by atomic mass is 9.99. The maximum Gasteiger partial charge on any atom is 0.138 e. The second-order valence-corrected chi connectivity index (χ2v) is 4.45. The molecule has 0 aromatic heterocycles. The SMILES string of the molecule is C=C1Cc2cccc(Oc3ccccc3)c2C(N)=N1. The summed E-state index contributed by atoms with van der Waals surface area (Å²) in [6.07, 6.45) is 0.710. The van der Waals surface area contributed by atoms with E-state index in [1.54, 1.807) is 0 Å². The summed E-state index contributed by atoms with van der Waals surface area (Å²) < 4.78 is 5.89. The van der Waals surface area contributed by atoms with Crippen LogP contribution in [0.1, 0.15) is 11.1 Å². The lowest BCUT2D eigenvalue weighted by Gasteiger charge is -2.18. The fraction of sp³-hybridized carbons (Fsp3) is 0.0625. The van der Waals surface area contributed by atoms with Gasteiger partial charge in [0.1, 0.15) is 17.3 Å². The van der Waals surface area contributed by atoms with E-state index in [0.717, 1.165) is 28.3 Å². The number of nitrogens with two attached hydrogens (primary N) is 1. The molecule has 3 rings (SSSR count). The van der Waals surface area contributed by atoms with Gasteiger partial charge in [-0.1, -0.05) is 36.9 Å². The number of rotatable bonds is 2. The summed E-state index contributed by atoms with van der Waals surface area (Å²) in [6.45, 7) is 3.87. The number of fused-ring (bicyclic) bond motifs is 1. The molecule has 19 heavy (non-hydrogen) atoms. The maximum absolute atomic E-state index is 6.00. The van der Waals surface area contributed by atoms with Gasteiger partial charge in [0, 0.05) is 12.1 Å². The highest BCUT2D eigenvalue weighted by Gasteiger charge is 2.18. The molecule has 2 N–H and O–H groups in total. The molecule has 0 fully saturated rings. The molecule has 0 unspecified atom stereocenters. The van der Waals surface area contributed by atoms with Crippen LogP contribution in [0.25, 0.3) is 0 Å². The first-order valence-corrected chi connectivity index (χ1v) is 6.11. The maximum atomic E-state index is 6.00. The van der Waals surface area contributed by atoms with Crippen molar-refractivity contribution in [2.24, 2.45) is 10.7 Å². The molecule has 2 aromatic carbocycles. The third-order valence-corrected chi connectivity index (χ3v) is 3.01. The van der Waals surface area contributed by atoms with Crippen LogP contribution in [0.2, 0.25) is 0 Å². The summed E-state index contributed by atoms with van der Waals surface area (Å²) >= 11 is 0. The van der Waals surface area contributed by atoms with Crippen molar-refractivity contribution in [3.63, 3.8) is 0 Å². The summed E-state index contributed by atoms with van der Waals surface area (Å²) in [5, 5.41) is 0. The number of hydrogen-bond donors (Lipinski definition) is 1. The van der Waals surface area contributed by atoms with Crippen LogP contribution in [0.4, 0.5) is 0 Å². The molecule has 1 aliphatic rings. The first kappa shape index (κ1) is 11.5. The molecule has 1 heterocycles. The van der Waals surface area contributed by atoms with Gasteiger partial charge < -0.3 is 10.5 Å². The minimum absolute atomic E-state index is 0.470. The highest BCUT2D eigenvalue weighted by atomic mass is 16.5. The normalized spacial score (nSPS) is 13.7. The molecule has 0 saturated carbocycles. The van der Waals surface area contributed by atoms with Gasteiger partial charge in [-0.05, 0) is 23.8 Å². The van der Waals surface area contributed by atoms with E-state index < -0.39 is 0 Å². The summed E-state index contributed by atoms with van der Waals surface area (Å²) in [5.74, 6) is 1.99. The van der Waals surface area contributed by atoms with Gasteiger partial charge in [0.25, 0.3) is 0 Å². The molecule has 3 heteroatoms. The number of hydrogen-bond acceptors (Lipinski definition) is 3. The Hall–Kier alpha value is -2.55. The molecule has 2 aromatic rings. The van der Waals surface area contributed by atoms with Gasteiger partial charge >= 0.3 is 0 Å². The van der Waals surface area contributed by atoms with Crippen LogP contribution in [0.3, 0.4) is 0 Å². The van der Waals surface area contributed by atoms with Crippen LogP contribution in [0.5, 0.6) is 11.5 Å². The van der Waals surface area contributed by atoms with Crippen molar-refractivity contribution < 1.29 is 4.74 Å². The molecular weight excluding hydrogens is 236 g/mol.